The molecule has 0 amide bonds. The Morgan fingerprint density at radius 3 is 0.756 bits per heavy atom. The van der Waals surface area contributed by atoms with Gasteiger partial charge < -0.3 is 14.2 Å². The number of ether oxygens (including phenoxy) is 3. The summed E-state index contributed by atoms with van der Waals surface area (Å²) in [6, 6.07) is 0. The van der Waals surface area contributed by atoms with E-state index in [1.807, 2.05) is 0 Å². The van der Waals surface area contributed by atoms with Crippen LogP contribution in [0.2, 0.25) is 0 Å². The molecule has 0 saturated carbocycles. The zero-order valence-electron chi connectivity index (χ0n) is 54.2. The Kier molecular flexibility index (Phi) is 66.7. The molecule has 6 nitrogen and oxygen atoms in total. The van der Waals surface area contributed by atoms with Crippen molar-refractivity contribution in [2.45, 2.75) is 354 Å². The van der Waals surface area contributed by atoms with Crippen molar-refractivity contribution in [2.75, 3.05) is 13.2 Å². The molecule has 0 rings (SSSR count). The van der Waals surface area contributed by atoms with Gasteiger partial charge in [-0.05, 0) is 103 Å². The molecular formula is C76H132O6. The van der Waals surface area contributed by atoms with E-state index in [1.54, 1.807) is 0 Å². The molecule has 6 heteroatoms. The number of carbonyl (C=O) groups excluding carboxylic acids is 3. The summed E-state index contributed by atoms with van der Waals surface area (Å²) in [6.45, 7) is 6.55. The lowest BCUT2D eigenvalue weighted by molar-refractivity contribution is -0.167. The first-order valence-corrected chi connectivity index (χ1v) is 35.2. The number of unbranched alkanes of at least 4 members (excludes halogenated alkanes) is 37. The molecule has 0 aromatic heterocycles. The third kappa shape index (κ3) is 67.1. The molecule has 0 aromatic carbocycles. The minimum absolute atomic E-state index is 0.0820. The highest BCUT2D eigenvalue weighted by Crippen LogP contribution is 2.17. The average Bonchev–Trinajstić information content (AvgIpc) is 3.47. The normalized spacial score (nSPS) is 12.7. The first-order valence-electron chi connectivity index (χ1n) is 35.2. The van der Waals surface area contributed by atoms with E-state index in [0.29, 0.717) is 19.3 Å². The summed E-state index contributed by atoms with van der Waals surface area (Å²) < 4.78 is 17.0. The molecule has 1 unspecified atom stereocenters. The Labute approximate surface area is 508 Å². The fourth-order valence-electron chi connectivity index (χ4n) is 10.1. The van der Waals surface area contributed by atoms with Crippen molar-refractivity contribution in [3.05, 3.63) is 97.2 Å². The Morgan fingerprint density at radius 2 is 0.476 bits per heavy atom. The van der Waals surface area contributed by atoms with Gasteiger partial charge in [0.1, 0.15) is 13.2 Å². The number of hydrogen-bond donors (Lipinski definition) is 0. The molecule has 0 bridgehead atoms. The third-order valence-corrected chi connectivity index (χ3v) is 15.3. The molecule has 0 N–H and O–H groups in total. The second-order valence-corrected chi connectivity index (χ2v) is 23.4. The number of hydrogen-bond acceptors (Lipinski definition) is 6. The van der Waals surface area contributed by atoms with Crippen LogP contribution in [0, 0.1) is 0 Å². The SMILES string of the molecule is CC/C=C\C/C=C\C/C=C\C/C=C\C/C=C\C/C=C\C/C=C\CCCCCCCCCC(=O)OCC(COC(=O)CCCCCCC/C=C\CCCCCCC)OC(=O)CCCCCCCCCCCCCCCCCCCCCCC. The van der Waals surface area contributed by atoms with Crippen molar-refractivity contribution in [3.63, 3.8) is 0 Å². The van der Waals surface area contributed by atoms with Gasteiger partial charge in [0.25, 0.3) is 0 Å². The van der Waals surface area contributed by atoms with E-state index in [-0.39, 0.29) is 31.1 Å². The van der Waals surface area contributed by atoms with Gasteiger partial charge in [-0.3, -0.25) is 14.4 Å². The van der Waals surface area contributed by atoms with Gasteiger partial charge in [0.15, 0.2) is 6.10 Å². The van der Waals surface area contributed by atoms with Gasteiger partial charge in [0, 0.05) is 19.3 Å². The van der Waals surface area contributed by atoms with Gasteiger partial charge in [-0.15, -0.1) is 0 Å². The first kappa shape index (κ1) is 78.3. The molecule has 0 saturated heterocycles. The van der Waals surface area contributed by atoms with Gasteiger partial charge in [0.05, 0.1) is 0 Å². The van der Waals surface area contributed by atoms with Crippen molar-refractivity contribution in [1.29, 1.82) is 0 Å². The molecule has 0 aliphatic heterocycles. The highest BCUT2D eigenvalue weighted by atomic mass is 16.6. The molecule has 0 fully saturated rings. The van der Waals surface area contributed by atoms with Gasteiger partial charge in [-0.25, -0.2) is 0 Å². The largest absolute Gasteiger partial charge is 0.462 e. The molecule has 0 aliphatic rings. The third-order valence-electron chi connectivity index (χ3n) is 15.3. The summed E-state index contributed by atoms with van der Waals surface area (Å²) >= 11 is 0. The van der Waals surface area contributed by atoms with E-state index in [0.717, 1.165) is 116 Å². The van der Waals surface area contributed by atoms with Crippen molar-refractivity contribution in [2.24, 2.45) is 0 Å². The molecule has 0 spiro atoms. The van der Waals surface area contributed by atoms with Crippen molar-refractivity contribution in [1.82, 2.24) is 0 Å². The fourth-order valence-corrected chi connectivity index (χ4v) is 10.1. The van der Waals surface area contributed by atoms with Crippen LogP contribution in [-0.2, 0) is 28.6 Å². The van der Waals surface area contributed by atoms with Crippen molar-refractivity contribution in [3.8, 4) is 0 Å². The number of rotatable bonds is 64. The maximum atomic E-state index is 13.0. The molecule has 1 atom stereocenters. The van der Waals surface area contributed by atoms with Crippen LogP contribution in [0.5, 0.6) is 0 Å². The van der Waals surface area contributed by atoms with Gasteiger partial charge in [-0.1, -0.05) is 323 Å². The van der Waals surface area contributed by atoms with Gasteiger partial charge in [-0.2, -0.15) is 0 Å². The summed E-state index contributed by atoms with van der Waals surface area (Å²) in [5.74, 6) is -0.883. The van der Waals surface area contributed by atoms with Crippen LogP contribution in [0.3, 0.4) is 0 Å². The standard InChI is InChI=1S/C76H132O6/c1-4-7-10-13-16-19-22-25-28-30-32-34-35-36-37-38-39-40-41-43-44-46-48-51-54-57-60-63-66-69-75(78)81-72-73(71-80-74(77)68-65-62-59-56-53-50-27-24-21-18-15-12-9-6-3)82-76(79)70-67-64-61-58-55-52-49-47-45-42-33-31-29-26-23-20-17-14-11-8-5-2/h7,10,16,19,24-25,27-28,32,34,36-37,39-40,43-44,73H,4-6,8-9,11-15,17-18,20-23,26,29-31,33,35,38,41-42,45-72H2,1-3H3/b10-7-,19-16-,27-24-,28-25-,34-32-,37-36-,40-39-,44-43-. The maximum Gasteiger partial charge on any atom is 0.306 e. The van der Waals surface area contributed by atoms with E-state index in [1.165, 1.54) is 193 Å². The van der Waals surface area contributed by atoms with Crippen molar-refractivity contribution >= 4 is 17.9 Å². The number of carbonyl (C=O) groups is 3. The van der Waals surface area contributed by atoms with Crippen LogP contribution < -0.4 is 0 Å². The summed E-state index contributed by atoms with van der Waals surface area (Å²) in [6.07, 6.45) is 94.3. The predicted molar refractivity (Wildman–Crippen MR) is 357 cm³/mol. The van der Waals surface area contributed by atoms with Gasteiger partial charge >= 0.3 is 17.9 Å². The van der Waals surface area contributed by atoms with Crippen LogP contribution >= 0.6 is 0 Å². The highest BCUT2D eigenvalue weighted by Gasteiger charge is 2.19. The average molecular weight is 1140 g/mol. The molecule has 0 radical (unpaired) electrons. The van der Waals surface area contributed by atoms with Crippen LogP contribution in [-0.4, -0.2) is 37.2 Å². The summed E-state index contributed by atoms with van der Waals surface area (Å²) in [5, 5.41) is 0. The summed E-state index contributed by atoms with van der Waals surface area (Å²) in [4.78, 5) is 38.4. The van der Waals surface area contributed by atoms with Crippen LogP contribution in [0.1, 0.15) is 348 Å². The monoisotopic (exact) mass is 1140 g/mol. The maximum absolute atomic E-state index is 13.0. The minimum Gasteiger partial charge on any atom is -0.462 e. The molecule has 0 heterocycles. The first-order chi connectivity index (χ1) is 40.5. The smallest absolute Gasteiger partial charge is 0.306 e. The Morgan fingerprint density at radius 1 is 0.256 bits per heavy atom. The molecule has 472 valence electrons. The van der Waals surface area contributed by atoms with Crippen LogP contribution in [0.25, 0.3) is 0 Å². The van der Waals surface area contributed by atoms with E-state index in [9.17, 15) is 14.4 Å². The molecular weight excluding hydrogens is 1010 g/mol. The second-order valence-electron chi connectivity index (χ2n) is 23.4. The molecule has 0 aromatic rings. The van der Waals surface area contributed by atoms with E-state index >= 15 is 0 Å². The zero-order chi connectivity index (χ0) is 59.2. The Hall–Kier alpha value is -3.67. The Bertz CT molecular complexity index is 1590. The van der Waals surface area contributed by atoms with Crippen LogP contribution in [0.4, 0.5) is 0 Å². The lowest BCUT2D eigenvalue weighted by Crippen LogP contribution is -2.30. The van der Waals surface area contributed by atoms with Crippen molar-refractivity contribution < 1.29 is 28.6 Å². The number of allylic oxidation sites excluding steroid dienone is 16. The molecule has 0 aliphatic carbocycles. The second kappa shape index (κ2) is 69.8. The van der Waals surface area contributed by atoms with Crippen LogP contribution in [0.15, 0.2) is 97.2 Å². The van der Waals surface area contributed by atoms with Gasteiger partial charge in [0.2, 0.25) is 0 Å². The summed E-state index contributed by atoms with van der Waals surface area (Å²) in [7, 11) is 0. The Balaban J connectivity index is 4.33. The lowest BCUT2D eigenvalue weighted by atomic mass is 10.0. The van der Waals surface area contributed by atoms with E-state index in [4.69, 9.17) is 14.2 Å². The molecule has 82 heavy (non-hydrogen) atoms. The predicted octanol–water partition coefficient (Wildman–Crippen LogP) is 24.4. The highest BCUT2D eigenvalue weighted by molar-refractivity contribution is 5.71. The summed E-state index contributed by atoms with van der Waals surface area (Å²) in [5.41, 5.74) is 0. The van der Waals surface area contributed by atoms with E-state index < -0.39 is 6.10 Å². The quantitative estimate of drug-likeness (QED) is 0.0261. The topological polar surface area (TPSA) is 78.9 Å². The fraction of sp³-hybridized carbons (Fsp3) is 0.750. The van der Waals surface area contributed by atoms with E-state index in [2.05, 4.69) is 118 Å². The minimum atomic E-state index is -0.786. The number of esters is 3. The lowest BCUT2D eigenvalue weighted by Gasteiger charge is -2.18. The zero-order valence-corrected chi connectivity index (χ0v) is 54.2.